The van der Waals surface area contributed by atoms with Gasteiger partial charge in [-0.2, -0.15) is 13.2 Å². The summed E-state index contributed by atoms with van der Waals surface area (Å²) in [4.78, 5) is 11.6. The number of rotatable bonds is 1. The largest absolute Gasteiger partial charge is 0.444 e. The number of ether oxygens (including phenoxy) is 1. The number of hydrogen-bond acceptors (Lipinski definition) is 3. The van der Waals surface area contributed by atoms with Crippen molar-refractivity contribution in [3.05, 3.63) is 29.8 Å². The number of benzene rings is 1. The van der Waals surface area contributed by atoms with Crippen molar-refractivity contribution in [3.63, 3.8) is 0 Å². The summed E-state index contributed by atoms with van der Waals surface area (Å²) in [6.07, 6.45) is -5.01. The molecule has 0 saturated heterocycles. The van der Waals surface area contributed by atoms with Gasteiger partial charge in [-0.3, -0.25) is 5.32 Å². The Balaban J connectivity index is 2.21. The molecule has 1 amide bonds. The number of anilines is 1. The van der Waals surface area contributed by atoms with Crippen LogP contribution in [0.3, 0.4) is 0 Å². The highest BCUT2D eigenvalue weighted by molar-refractivity contribution is 7.22. The Bertz CT molecular complexity index is 671. The van der Waals surface area contributed by atoms with E-state index < -0.39 is 23.4 Å². The fraction of sp³-hybridized carbons (Fsp3) is 0.357. The molecule has 7 heteroatoms. The molecule has 1 N–H and O–H groups in total. The molecular weight excluding hydrogens is 303 g/mol. The van der Waals surface area contributed by atoms with E-state index in [2.05, 4.69) is 5.32 Å². The highest BCUT2D eigenvalue weighted by Gasteiger charge is 2.30. The molecule has 0 unspecified atom stereocenters. The number of carbonyl (C=O) groups is 1. The molecule has 114 valence electrons. The second-order valence-corrected chi connectivity index (χ2v) is 6.57. The first-order valence-corrected chi connectivity index (χ1v) is 6.97. The highest BCUT2D eigenvalue weighted by Crippen LogP contribution is 2.36. The van der Waals surface area contributed by atoms with E-state index in [1.807, 2.05) is 0 Å². The number of alkyl halides is 3. The van der Waals surface area contributed by atoms with Crippen LogP contribution in [-0.4, -0.2) is 11.7 Å². The fourth-order valence-electron chi connectivity index (χ4n) is 1.67. The molecule has 2 aromatic rings. The van der Waals surface area contributed by atoms with Crippen LogP contribution in [-0.2, 0) is 10.9 Å². The van der Waals surface area contributed by atoms with Crippen molar-refractivity contribution < 1.29 is 22.7 Å². The first kappa shape index (κ1) is 15.6. The van der Waals surface area contributed by atoms with Gasteiger partial charge in [-0.1, -0.05) is 6.07 Å². The van der Waals surface area contributed by atoms with E-state index in [-0.39, 0.29) is 0 Å². The lowest BCUT2D eigenvalue weighted by molar-refractivity contribution is -0.137. The number of nitrogens with one attached hydrogen (secondary N) is 1. The summed E-state index contributed by atoms with van der Waals surface area (Å²) in [5.41, 5.74) is -1.34. The van der Waals surface area contributed by atoms with E-state index in [9.17, 15) is 18.0 Å². The average molecular weight is 317 g/mol. The molecule has 0 bridgehead atoms. The van der Waals surface area contributed by atoms with Gasteiger partial charge in [0, 0.05) is 4.70 Å². The number of thiophene rings is 1. The van der Waals surface area contributed by atoms with E-state index in [0.717, 1.165) is 23.5 Å². The van der Waals surface area contributed by atoms with Crippen LogP contribution in [0.1, 0.15) is 26.3 Å². The molecule has 0 aliphatic rings. The molecular formula is C14H14F3NO2S. The third-order valence-corrected chi connectivity index (χ3v) is 3.48. The standard InChI is InChI=1S/C14H14F3NO2S/c1-13(2,3)20-12(19)18-11-6-8-4-5-9(14(15,16)17)7-10(8)21-11/h4-7H,1-3H3,(H,18,19). The first-order valence-electron chi connectivity index (χ1n) is 6.15. The number of fused-ring (bicyclic) bond motifs is 1. The van der Waals surface area contributed by atoms with Crippen LogP contribution in [0.2, 0.25) is 0 Å². The zero-order chi connectivity index (χ0) is 15.8. The van der Waals surface area contributed by atoms with Crippen LogP contribution in [0.5, 0.6) is 0 Å². The van der Waals surface area contributed by atoms with Gasteiger partial charge in [0.2, 0.25) is 0 Å². The summed E-state index contributed by atoms with van der Waals surface area (Å²) in [6, 6.07) is 5.09. The molecule has 3 nitrogen and oxygen atoms in total. The van der Waals surface area contributed by atoms with Crippen molar-refractivity contribution in [1.29, 1.82) is 0 Å². The lowest BCUT2D eigenvalue weighted by atomic mass is 10.2. The van der Waals surface area contributed by atoms with Crippen molar-refractivity contribution in [3.8, 4) is 0 Å². The van der Waals surface area contributed by atoms with Crippen molar-refractivity contribution >= 4 is 32.5 Å². The minimum Gasteiger partial charge on any atom is -0.444 e. The summed E-state index contributed by atoms with van der Waals surface area (Å²) < 4.78 is 43.4. The minimum atomic E-state index is -4.38. The Morgan fingerprint density at radius 3 is 2.43 bits per heavy atom. The molecule has 1 heterocycles. The van der Waals surface area contributed by atoms with Gasteiger partial charge in [0.25, 0.3) is 0 Å². The summed E-state index contributed by atoms with van der Waals surface area (Å²) in [6.45, 7) is 5.19. The van der Waals surface area contributed by atoms with Gasteiger partial charge in [0.1, 0.15) is 5.60 Å². The van der Waals surface area contributed by atoms with E-state index >= 15 is 0 Å². The Hall–Kier alpha value is -1.76. The van der Waals surface area contributed by atoms with Gasteiger partial charge in [-0.05, 0) is 44.4 Å². The summed E-state index contributed by atoms with van der Waals surface area (Å²) >= 11 is 1.07. The Kier molecular flexibility index (Phi) is 3.88. The molecule has 0 radical (unpaired) electrons. The molecule has 0 saturated carbocycles. The fourth-order valence-corrected chi connectivity index (χ4v) is 2.66. The average Bonchev–Trinajstić information content (AvgIpc) is 2.65. The maximum Gasteiger partial charge on any atom is 0.416 e. The molecule has 21 heavy (non-hydrogen) atoms. The monoisotopic (exact) mass is 317 g/mol. The number of carbonyl (C=O) groups excluding carboxylic acids is 1. The third kappa shape index (κ3) is 4.10. The summed E-state index contributed by atoms with van der Waals surface area (Å²) in [5.74, 6) is 0. The second kappa shape index (κ2) is 5.22. The van der Waals surface area contributed by atoms with Gasteiger partial charge in [0.05, 0.1) is 10.6 Å². The number of hydrogen-bond donors (Lipinski definition) is 1. The number of halogens is 3. The Morgan fingerprint density at radius 2 is 1.86 bits per heavy atom. The normalized spacial score (nSPS) is 12.5. The topological polar surface area (TPSA) is 38.3 Å². The van der Waals surface area contributed by atoms with Crippen LogP contribution >= 0.6 is 11.3 Å². The van der Waals surface area contributed by atoms with Crippen molar-refractivity contribution in [2.24, 2.45) is 0 Å². The zero-order valence-electron chi connectivity index (χ0n) is 11.7. The van der Waals surface area contributed by atoms with Crippen LogP contribution < -0.4 is 5.32 Å². The van der Waals surface area contributed by atoms with Crippen LogP contribution in [0, 0.1) is 0 Å². The molecule has 0 spiro atoms. The van der Waals surface area contributed by atoms with Crippen LogP contribution in [0.15, 0.2) is 24.3 Å². The lowest BCUT2D eigenvalue weighted by Crippen LogP contribution is -2.26. The summed E-state index contributed by atoms with van der Waals surface area (Å²) in [5, 5.41) is 3.60. The predicted octanol–water partition coefficient (Wildman–Crippen LogP) is 5.27. The van der Waals surface area contributed by atoms with Crippen LogP contribution in [0.25, 0.3) is 10.1 Å². The predicted molar refractivity (Wildman–Crippen MR) is 76.7 cm³/mol. The Labute approximate surface area is 123 Å². The van der Waals surface area contributed by atoms with E-state index in [4.69, 9.17) is 4.74 Å². The van der Waals surface area contributed by atoms with Gasteiger partial charge in [0.15, 0.2) is 0 Å². The third-order valence-electron chi connectivity index (χ3n) is 2.47. The van der Waals surface area contributed by atoms with E-state index in [1.165, 1.54) is 6.07 Å². The molecule has 0 fully saturated rings. The number of amides is 1. The van der Waals surface area contributed by atoms with E-state index in [1.54, 1.807) is 26.8 Å². The smallest absolute Gasteiger partial charge is 0.416 e. The van der Waals surface area contributed by atoms with Crippen molar-refractivity contribution in [2.45, 2.75) is 32.5 Å². The van der Waals surface area contributed by atoms with Crippen molar-refractivity contribution in [1.82, 2.24) is 0 Å². The van der Waals surface area contributed by atoms with Gasteiger partial charge < -0.3 is 4.74 Å². The quantitative estimate of drug-likeness (QED) is 0.778. The molecule has 0 aliphatic carbocycles. The van der Waals surface area contributed by atoms with Crippen LogP contribution in [0.4, 0.5) is 23.0 Å². The minimum absolute atomic E-state index is 0.443. The van der Waals surface area contributed by atoms with Gasteiger partial charge >= 0.3 is 12.3 Å². The SMILES string of the molecule is CC(C)(C)OC(=O)Nc1cc2ccc(C(F)(F)F)cc2s1. The molecule has 1 aromatic carbocycles. The maximum atomic E-state index is 12.6. The molecule has 2 rings (SSSR count). The highest BCUT2D eigenvalue weighted by atomic mass is 32.1. The molecule has 0 atom stereocenters. The lowest BCUT2D eigenvalue weighted by Gasteiger charge is -2.19. The second-order valence-electron chi connectivity index (χ2n) is 5.49. The van der Waals surface area contributed by atoms with Crippen molar-refractivity contribution in [2.75, 3.05) is 5.32 Å². The van der Waals surface area contributed by atoms with E-state index in [0.29, 0.717) is 15.1 Å². The van der Waals surface area contributed by atoms with Gasteiger partial charge in [-0.25, -0.2) is 4.79 Å². The molecule has 0 aliphatic heterocycles. The van der Waals surface area contributed by atoms with Gasteiger partial charge in [-0.15, -0.1) is 11.3 Å². The zero-order valence-corrected chi connectivity index (χ0v) is 12.5. The Morgan fingerprint density at radius 1 is 1.19 bits per heavy atom. The maximum absolute atomic E-state index is 12.6. The first-order chi connectivity index (χ1) is 9.54. The molecule has 1 aromatic heterocycles. The summed E-state index contributed by atoms with van der Waals surface area (Å²) in [7, 11) is 0.